The summed E-state index contributed by atoms with van der Waals surface area (Å²) in [6, 6.07) is 5.45. The minimum Gasteiger partial charge on any atom is -0.496 e. The summed E-state index contributed by atoms with van der Waals surface area (Å²) in [4.78, 5) is 13.4. The van der Waals surface area contributed by atoms with Gasteiger partial charge in [0.15, 0.2) is 17.3 Å². The molecule has 1 fully saturated rings. The number of rotatable bonds is 4. The van der Waals surface area contributed by atoms with Gasteiger partial charge in [0.25, 0.3) is 0 Å². The zero-order valence-electron chi connectivity index (χ0n) is 17.5. The molecule has 0 spiro atoms. The molecule has 6 nitrogen and oxygen atoms in total. The predicted octanol–water partition coefficient (Wildman–Crippen LogP) is 3.40. The largest absolute Gasteiger partial charge is 0.496 e. The highest BCUT2D eigenvalue weighted by Gasteiger charge is 2.52. The molecule has 1 saturated carbocycles. The van der Waals surface area contributed by atoms with Gasteiger partial charge in [-0.3, -0.25) is 4.79 Å². The van der Waals surface area contributed by atoms with Crippen molar-refractivity contribution in [2.75, 3.05) is 21.3 Å². The van der Waals surface area contributed by atoms with Gasteiger partial charge in [-0.1, -0.05) is 18.2 Å². The van der Waals surface area contributed by atoms with Crippen LogP contribution in [0.3, 0.4) is 0 Å². The third-order valence-electron chi connectivity index (χ3n) is 6.11. The number of hydrogen-bond donors (Lipinski definition) is 0. The average Bonchev–Trinajstić information content (AvgIpc) is 2.72. The molecule has 5 atom stereocenters. The molecule has 5 unspecified atom stereocenters. The highest BCUT2D eigenvalue weighted by Crippen LogP contribution is 2.45. The summed E-state index contributed by atoms with van der Waals surface area (Å²) in [5.74, 6) is 0.936. The fourth-order valence-corrected chi connectivity index (χ4v) is 4.62. The van der Waals surface area contributed by atoms with Crippen LogP contribution in [0, 0.1) is 11.8 Å². The smallest absolute Gasteiger partial charge is 0.173 e. The zero-order chi connectivity index (χ0) is 20.8. The van der Waals surface area contributed by atoms with Crippen LogP contribution in [-0.4, -0.2) is 51.0 Å². The third-order valence-corrected chi connectivity index (χ3v) is 6.11. The SMILES string of the molecule is COc1ccc(C2=COC3C(CC(OC)C4OC(C)(C)C=CC43)C2=O)cc1OC. The van der Waals surface area contributed by atoms with Gasteiger partial charge < -0.3 is 23.7 Å². The molecule has 6 heteroatoms. The Morgan fingerprint density at radius 3 is 2.52 bits per heavy atom. The first-order chi connectivity index (χ1) is 13.9. The van der Waals surface area contributed by atoms with Crippen LogP contribution in [0.15, 0.2) is 36.6 Å². The summed E-state index contributed by atoms with van der Waals surface area (Å²) < 4.78 is 28.8. The maximum absolute atomic E-state index is 13.4. The molecule has 1 aromatic carbocycles. The van der Waals surface area contributed by atoms with E-state index in [0.717, 1.165) is 5.56 Å². The van der Waals surface area contributed by atoms with Crippen molar-refractivity contribution < 1.29 is 28.5 Å². The molecule has 1 aromatic rings. The molecule has 0 N–H and O–H groups in total. The summed E-state index contributed by atoms with van der Waals surface area (Å²) in [6.07, 6.45) is 5.77. The molecular weight excluding hydrogens is 372 g/mol. The van der Waals surface area contributed by atoms with E-state index in [0.29, 0.717) is 23.5 Å². The van der Waals surface area contributed by atoms with Crippen LogP contribution in [0.5, 0.6) is 11.5 Å². The van der Waals surface area contributed by atoms with Crippen molar-refractivity contribution in [1.29, 1.82) is 0 Å². The number of carbonyl (C=O) groups excluding carboxylic acids is 1. The van der Waals surface area contributed by atoms with E-state index in [-0.39, 0.29) is 41.5 Å². The molecule has 156 valence electrons. The van der Waals surface area contributed by atoms with Gasteiger partial charge in [0.05, 0.1) is 49.8 Å². The van der Waals surface area contributed by atoms with E-state index in [1.165, 1.54) is 0 Å². The number of allylic oxidation sites excluding steroid dienone is 1. The van der Waals surface area contributed by atoms with Crippen molar-refractivity contribution in [3.63, 3.8) is 0 Å². The first-order valence-electron chi connectivity index (χ1n) is 9.90. The molecule has 0 aromatic heterocycles. The Bertz CT molecular complexity index is 855. The van der Waals surface area contributed by atoms with E-state index in [2.05, 4.69) is 6.08 Å². The van der Waals surface area contributed by atoms with Crippen LogP contribution in [0.2, 0.25) is 0 Å². The number of fused-ring (bicyclic) bond motifs is 3. The molecule has 1 aliphatic carbocycles. The van der Waals surface area contributed by atoms with E-state index in [1.807, 2.05) is 26.0 Å². The molecular formula is C23H28O6. The average molecular weight is 400 g/mol. The molecule has 4 rings (SSSR count). The number of benzene rings is 1. The van der Waals surface area contributed by atoms with E-state index < -0.39 is 0 Å². The van der Waals surface area contributed by atoms with Gasteiger partial charge in [-0.2, -0.15) is 0 Å². The monoisotopic (exact) mass is 400 g/mol. The second-order valence-electron chi connectivity index (χ2n) is 8.30. The number of hydrogen-bond acceptors (Lipinski definition) is 6. The van der Waals surface area contributed by atoms with Crippen molar-refractivity contribution in [2.24, 2.45) is 11.8 Å². The molecule has 0 bridgehead atoms. The number of ketones is 1. The highest BCUT2D eigenvalue weighted by molar-refractivity contribution is 6.22. The van der Waals surface area contributed by atoms with Gasteiger partial charge in [0, 0.05) is 13.0 Å². The van der Waals surface area contributed by atoms with E-state index >= 15 is 0 Å². The lowest BCUT2D eigenvalue weighted by atomic mass is 9.69. The van der Waals surface area contributed by atoms with Crippen LogP contribution in [0.25, 0.3) is 5.57 Å². The molecule has 0 saturated heterocycles. The summed E-state index contributed by atoms with van der Waals surface area (Å²) >= 11 is 0. The fourth-order valence-electron chi connectivity index (χ4n) is 4.62. The molecule has 0 radical (unpaired) electrons. The van der Waals surface area contributed by atoms with Gasteiger partial charge in [0.2, 0.25) is 0 Å². The molecule has 2 heterocycles. The van der Waals surface area contributed by atoms with Crippen molar-refractivity contribution in [2.45, 2.75) is 44.2 Å². The molecule has 2 aliphatic heterocycles. The molecule has 29 heavy (non-hydrogen) atoms. The highest BCUT2D eigenvalue weighted by atomic mass is 16.6. The van der Waals surface area contributed by atoms with Crippen LogP contribution in [0.4, 0.5) is 0 Å². The van der Waals surface area contributed by atoms with Crippen molar-refractivity contribution >= 4 is 11.4 Å². The lowest BCUT2D eigenvalue weighted by Gasteiger charge is -2.49. The Morgan fingerprint density at radius 2 is 1.83 bits per heavy atom. The Kier molecular flexibility index (Phi) is 5.17. The first kappa shape index (κ1) is 20.0. The van der Waals surface area contributed by atoms with E-state index in [4.69, 9.17) is 23.7 Å². The second-order valence-corrected chi connectivity index (χ2v) is 8.30. The molecule has 0 amide bonds. The predicted molar refractivity (Wildman–Crippen MR) is 108 cm³/mol. The van der Waals surface area contributed by atoms with E-state index in [9.17, 15) is 4.79 Å². The van der Waals surface area contributed by atoms with Crippen LogP contribution >= 0.6 is 0 Å². The first-order valence-corrected chi connectivity index (χ1v) is 9.90. The maximum atomic E-state index is 13.4. The zero-order valence-corrected chi connectivity index (χ0v) is 17.5. The van der Waals surface area contributed by atoms with Crippen molar-refractivity contribution in [3.05, 3.63) is 42.2 Å². The summed E-state index contributed by atoms with van der Waals surface area (Å²) in [6.45, 7) is 4.06. The van der Waals surface area contributed by atoms with Gasteiger partial charge in [-0.05, 0) is 38.0 Å². The van der Waals surface area contributed by atoms with Crippen LogP contribution < -0.4 is 9.47 Å². The fraction of sp³-hybridized carbons (Fsp3) is 0.522. The van der Waals surface area contributed by atoms with Gasteiger partial charge in [0.1, 0.15) is 6.10 Å². The van der Waals surface area contributed by atoms with Crippen molar-refractivity contribution in [1.82, 2.24) is 0 Å². The topological polar surface area (TPSA) is 63.2 Å². The van der Waals surface area contributed by atoms with Gasteiger partial charge in [-0.15, -0.1) is 0 Å². The number of methoxy groups -OCH3 is 3. The minimum atomic E-state index is -0.357. The summed E-state index contributed by atoms with van der Waals surface area (Å²) in [5.41, 5.74) is 0.935. The second kappa shape index (κ2) is 7.50. The summed E-state index contributed by atoms with van der Waals surface area (Å²) in [7, 11) is 4.84. The Balaban J connectivity index is 1.67. The normalized spacial score (nSPS) is 32.5. The minimum absolute atomic E-state index is 0.0288. The third kappa shape index (κ3) is 3.45. The number of carbonyl (C=O) groups is 1. The summed E-state index contributed by atoms with van der Waals surface area (Å²) in [5, 5.41) is 0. The number of ether oxygens (including phenoxy) is 5. The van der Waals surface area contributed by atoms with Gasteiger partial charge >= 0.3 is 0 Å². The number of Topliss-reactive ketones (excluding diaryl/α,β-unsaturated/α-hetero) is 1. The Morgan fingerprint density at radius 1 is 1.07 bits per heavy atom. The maximum Gasteiger partial charge on any atom is 0.173 e. The van der Waals surface area contributed by atoms with E-state index in [1.54, 1.807) is 39.7 Å². The van der Waals surface area contributed by atoms with Crippen LogP contribution in [-0.2, 0) is 19.0 Å². The standard InChI is InChI=1S/C23H28O6/c1-23(2)9-8-14-21-15(11-19(27-5)22(14)29-23)20(24)16(12-28-21)13-6-7-17(25-3)18(10-13)26-4/h6-10,12,14-15,19,21-22H,11H2,1-5H3. The Labute approximate surface area is 171 Å². The molecule has 3 aliphatic rings. The van der Waals surface area contributed by atoms with Crippen molar-refractivity contribution in [3.8, 4) is 11.5 Å². The Hall–Kier alpha value is -2.31. The lowest BCUT2D eigenvalue weighted by molar-refractivity contribution is -0.187. The quantitative estimate of drug-likeness (QED) is 0.722. The van der Waals surface area contributed by atoms with Gasteiger partial charge in [-0.25, -0.2) is 0 Å². The lowest BCUT2D eigenvalue weighted by Crippen LogP contribution is -2.57. The van der Waals surface area contributed by atoms with Crippen LogP contribution in [0.1, 0.15) is 25.8 Å².